The monoisotopic (exact) mass is 302 g/mol. The number of rotatable bonds is 4. The fourth-order valence-electron chi connectivity index (χ4n) is 2.42. The van der Waals surface area contributed by atoms with E-state index >= 15 is 0 Å². The van der Waals surface area contributed by atoms with E-state index < -0.39 is 0 Å². The smallest absolute Gasteiger partial charge is 0.251 e. The Morgan fingerprint density at radius 2 is 2.14 bits per heavy atom. The van der Waals surface area contributed by atoms with E-state index in [0.29, 0.717) is 23.6 Å². The fraction of sp³-hybridized carbons (Fsp3) is 0.400. The van der Waals surface area contributed by atoms with Crippen LogP contribution in [0.4, 0.5) is 0 Å². The number of nitrogens with one attached hydrogen (secondary N) is 1. The van der Waals surface area contributed by atoms with Crippen molar-refractivity contribution in [2.75, 3.05) is 13.3 Å². The number of hydrogen-bond acceptors (Lipinski definition) is 5. The van der Waals surface area contributed by atoms with Crippen molar-refractivity contribution in [3.8, 4) is 11.5 Å². The molecule has 1 amide bonds. The Morgan fingerprint density at radius 3 is 2.86 bits per heavy atom. The second-order valence-corrected chi connectivity index (χ2v) is 5.28. The summed E-state index contributed by atoms with van der Waals surface area (Å²) in [4.78, 5) is 16.5. The number of carbonyl (C=O) groups excluding carboxylic acids is 1. The summed E-state index contributed by atoms with van der Waals surface area (Å²) in [5, 5.41) is 7.23. The van der Waals surface area contributed by atoms with Crippen molar-refractivity contribution in [3.05, 3.63) is 35.4 Å². The third-order valence-corrected chi connectivity index (χ3v) is 3.52. The molecule has 0 aliphatic carbocycles. The molecule has 1 N–H and O–H groups in total. The van der Waals surface area contributed by atoms with Gasteiger partial charge in [0.2, 0.25) is 6.79 Å². The molecular weight excluding hydrogens is 284 g/mol. The number of ether oxygens (including phenoxy) is 2. The highest BCUT2D eigenvalue weighted by molar-refractivity contribution is 5.94. The van der Waals surface area contributed by atoms with Crippen molar-refractivity contribution < 1.29 is 14.3 Å². The third kappa shape index (κ3) is 2.74. The second kappa shape index (κ2) is 5.67. The lowest BCUT2D eigenvalue weighted by Gasteiger charge is -2.14. The lowest BCUT2D eigenvalue weighted by Crippen LogP contribution is -2.30. The lowest BCUT2D eigenvalue weighted by molar-refractivity contribution is 0.0947. The molecule has 1 aromatic carbocycles. The van der Waals surface area contributed by atoms with Crippen molar-refractivity contribution in [1.29, 1.82) is 0 Å². The summed E-state index contributed by atoms with van der Waals surface area (Å²) in [7, 11) is 0. The first-order valence-electron chi connectivity index (χ1n) is 7.12. The maximum absolute atomic E-state index is 12.2. The molecule has 0 bridgehead atoms. The third-order valence-electron chi connectivity index (χ3n) is 3.52. The molecule has 0 spiro atoms. The number of hydrogen-bond donors (Lipinski definition) is 1. The van der Waals surface area contributed by atoms with Gasteiger partial charge in [0.05, 0.1) is 6.04 Å². The van der Waals surface area contributed by atoms with Crippen LogP contribution in [0.5, 0.6) is 11.5 Å². The number of benzene rings is 1. The number of aryl methyl sites for hydroxylation is 2. The molecular formula is C15H18N4O3. The molecule has 1 aliphatic heterocycles. The number of fused-ring (bicyclic) bond motifs is 1. The van der Waals surface area contributed by atoms with Gasteiger partial charge in [-0.05, 0) is 39.0 Å². The Hall–Kier alpha value is -2.57. The molecule has 116 valence electrons. The number of carbonyl (C=O) groups is 1. The van der Waals surface area contributed by atoms with Crippen LogP contribution in [-0.4, -0.2) is 34.0 Å². The first-order valence-corrected chi connectivity index (χ1v) is 7.12. The van der Waals surface area contributed by atoms with Crippen molar-refractivity contribution in [1.82, 2.24) is 20.1 Å². The van der Waals surface area contributed by atoms with E-state index in [1.165, 1.54) is 0 Å². The molecule has 1 aromatic heterocycles. The Kier molecular flexibility index (Phi) is 3.70. The zero-order valence-corrected chi connectivity index (χ0v) is 12.8. The van der Waals surface area contributed by atoms with Crippen LogP contribution in [0, 0.1) is 13.8 Å². The molecule has 1 unspecified atom stereocenters. The molecule has 0 saturated carbocycles. The minimum absolute atomic E-state index is 0.0270. The summed E-state index contributed by atoms with van der Waals surface area (Å²) < 4.78 is 12.3. The number of amides is 1. The summed E-state index contributed by atoms with van der Waals surface area (Å²) in [5.74, 6) is 2.68. The van der Waals surface area contributed by atoms with Crippen molar-refractivity contribution in [2.45, 2.75) is 26.8 Å². The minimum atomic E-state index is -0.153. The van der Waals surface area contributed by atoms with Crippen LogP contribution in [0.2, 0.25) is 0 Å². The SMILES string of the molecule is Cc1nc(C)n(C(C)CNC(=O)c2ccc3c(c2)OCO3)n1. The van der Waals surface area contributed by atoms with Gasteiger partial charge in [0.15, 0.2) is 11.5 Å². The maximum Gasteiger partial charge on any atom is 0.251 e. The van der Waals surface area contributed by atoms with E-state index in [0.717, 1.165) is 11.6 Å². The van der Waals surface area contributed by atoms with Gasteiger partial charge in [-0.25, -0.2) is 9.67 Å². The van der Waals surface area contributed by atoms with E-state index in [2.05, 4.69) is 15.4 Å². The van der Waals surface area contributed by atoms with Gasteiger partial charge in [0, 0.05) is 12.1 Å². The van der Waals surface area contributed by atoms with Gasteiger partial charge in [0.25, 0.3) is 5.91 Å². The minimum Gasteiger partial charge on any atom is -0.454 e. The molecule has 0 fully saturated rings. The Morgan fingerprint density at radius 1 is 1.36 bits per heavy atom. The molecule has 0 saturated heterocycles. The molecule has 7 nitrogen and oxygen atoms in total. The van der Waals surface area contributed by atoms with Gasteiger partial charge in [-0.1, -0.05) is 0 Å². The van der Waals surface area contributed by atoms with Crippen LogP contribution < -0.4 is 14.8 Å². The highest BCUT2D eigenvalue weighted by Gasteiger charge is 2.17. The van der Waals surface area contributed by atoms with Gasteiger partial charge >= 0.3 is 0 Å². The summed E-state index contributed by atoms with van der Waals surface area (Å²) in [6, 6.07) is 5.18. The molecule has 7 heteroatoms. The second-order valence-electron chi connectivity index (χ2n) is 5.28. The summed E-state index contributed by atoms with van der Waals surface area (Å²) >= 11 is 0. The van der Waals surface area contributed by atoms with Crippen LogP contribution in [0.15, 0.2) is 18.2 Å². The Labute approximate surface area is 128 Å². The average molecular weight is 302 g/mol. The topological polar surface area (TPSA) is 78.3 Å². The molecule has 0 radical (unpaired) electrons. The van der Waals surface area contributed by atoms with E-state index in [9.17, 15) is 4.79 Å². The average Bonchev–Trinajstić information content (AvgIpc) is 3.09. The Balaban J connectivity index is 1.63. The number of aromatic nitrogens is 3. The number of nitrogens with zero attached hydrogens (tertiary/aromatic N) is 3. The molecule has 22 heavy (non-hydrogen) atoms. The zero-order valence-electron chi connectivity index (χ0n) is 12.8. The van der Waals surface area contributed by atoms with E-state index in [-0.39, 0.29) is 18.7 Å². The van der Waals surface area contributed by atoms with E-state index in [1.807, 2.05) is 25.5 Å². The van der Waals surface area contributed by atoms with Crippen LogP contribution in [-0.2, 0) is 0 Å². The summed E-state index contributed by atoms with van der Waals surface area (Å²) in [6.45, 7) is 6.40. The standard InChI is InChI=1S/C15H18N4O3/c1-9(19-11(3)17-10(2)18-19)7-16-15(20)12-4-5-13-14(6-12)22-8-21-13/h4-6,9H,7-8H2,1-3H3,(H,16,20). The molecule has 2 heterocycles. The van der Waals surface area contributed by atoms with Crippen molar-refractivity contribution >= 4 is 5.91 Å². The summed E-state index contributed by atoms with van der Waals surface area (Å²) in [6.07, 6.45) is 0. The van der Waals surface area contributed by atoms with Gasteiger partial charge in [-0.15, -0.1) is 0 Å². The highest BCUT2D eigenvalue weighted by Crippen LogP contribution is 2.32. The largest absolute Gasteiger partial charge is 0.454 e. The zero-order chi connectivity index (χ0) is 15.7. The van der Waals surface area contributed by atoms with Gasteiger partial charge < -0.3 is 14.8 Å². The molecule has 1 atom stereocenters. The first-order chi connectivity index (χ1) is 10.5. The normalized spacial score (nSPS) is 14.0. The first kappa shape index (κ1) is 14.4. The van der Waals surface area contributed by atoms with Gasteiger partial charge in [-0.2, -0.15) is 5.10 Å². The predicted molar refractivity (Wildman–Crippen MR) is 79.1 cm³/mol. The quantitative estimate of drug-likeness (QED) is 0.928. The van der Waals surface area contributed by atoms with Gasteiger partial charge in [-0.3, -0.25) is 4.79 Å². The van der Waals surface area contributed by atoms with Crippen molar-refractivity contribution in [3.63, 3.8) is 0 Å². The molecule has 3 rings (SSSR count). The summed E-state index contributed by atoms with van der Waals surface area (Å²) in [5.41, 5.74) is 0.544. The predicted octanol–water partition coefficient (Wildman–Crippen LogP) is 1.61. The van der Waals surface area contributed by atoms with Crippen LogP contribution in [0.3, 0.4) is 0 Å². The highest BCUT2D eigenvalue weighted by atomic mass is 16.7. The van der Waals surface area contributed by atoms with Crippen molar-refractivity contribution in [2.24, 2.45) is 0 Å². The lowest BCUT2D eigenvalue weighted by atomic mass is 10.2. The molecule has 2 aromatic rings. The Bertz CT molecular complexity index is 711. The molecule has 1 aliphatic rings. The van der Waals surface area contributed by atoms with E-state index in [4.69, 9.17) is 9.47 Å². The van der Waals surface area contributed by atoms with Gasteiger partial charge in [0.1, 0.15) is 11.6 Å². The van der Waals surface area contributed by atoms with Crippen LogP contribution >= 0.6 is 0 Å². The fourth-order valence-corrected chi connectivity index (χ4v) is 2.42. The van der Waals surface area contributed by atoms with E-state index in [1.54, 1.807) is 18.2 Å². The maximum atomic E-state index is 12.2. The van der Waals surface area contributed by atoms with Crippen LogP contribution in [0.1, 0.15) is 35.0 Å². The van der Waals surface area contributed by atoms with Crippen LogP contribution in [0.25, 0.3) is 0 Å².